The molecule has 0 saturated heterocycles. The van der Waals surface area contributed by atoms with Gasteiger partial charge < -0.3 is 4.90 Å². The molecule has 78 valence electrons. The molecule has 0 fully saturated rings. The zero-order valence-corrected chi connectivity index (χ0v) is 9.33. The smallest absolute Gasteiger partial charge is 0.0700 e. The molecule has 1 aromatic rings. The Hall–Kier alpha value is -1.49. The van der Waals surface area contributed by atoms with E-state index in [1.165, 1.54) is 11.3 Å². The minimum Gasteiger partial charge on any atom is -0.371 e. The Morgan fingerprint density at radius 1 is 1.53 bits per heavy atom. The third-order valence-electron chi connectivity index (χ3n) is 3.17. The standard InChI is InChI=1S/C13H16N2/c1-3-15-7-6-12-8-11(10(2)9-14)4-5-13(12)15/h4-5,8,10H,3,6-7H2,1-2H3. The molecule has 0 radical (unpaired) electrons. The third kappa shape index (κ3) is 1.70. The molecule has 15 heavy (non-hydrogen) atoms. The van der Waals surface area contributed by atoms with Crippen LogP contribution in [0.1, 0.15) is 30.9 Å². The molecule has 0 amide bonds. The van der Waals surface area contributed by atoms with Crippen LogP contribution in [-0.4, -0.2) is 13.1 Å². The molecule has 0 N–H and O–H groups in total. The average Bonchev–Trinajstić information content (AvgIpc) is 2.69. The molecule has 0 aliphatic carbocycles. The molecule has 1 aliphatic heterocycles. The topological polar surface area (TPSA) is 27.0 Å². The van der Waals surface area contributed by atoms with Crippen molar-refractivity contribution in [3.63, 3.8) is 0 Å². The first-order chi connectivity index (χ1) is 7.26. The van der Waals surface area contributed by atoms with Crippen LogP contribution < -0.4 is 4.90 Å². The Morgan fingerprint density at radius 3 is 3.00 bits per heavy atom. The summed E-state index contributed by atoms with van der Waals surface area (Å²) >= 11 is 0. The minimum atomic E-state index is 0.00553. The van der Waals surface area contributed by atoms with E-state index >= 15 is 0 Å². The van der Waals surface area contributed by atoms with Crippen molar-refractivity contribution in [2.75, 3.05) is 18.0 Å². The molecule has 0 spiro atoms. The van der Waals surface area contributed by atoms with Crippen molar-refractivity contribution < 1.29 is 0 Å². The van der Waals surface area contributed by atoms with Gasteiger partial charge in [-0.1, -0.05) is 12.1 Å². The maximum absolute atomic E-state index is 8.87. The predicted octanol–water partition coefficient (Wildman–Crippen LogP) is 2.70. The van der Waals surface area contributed by atoms with E-state index in [0.717, 1.165) is 25.1 Å². The molecule has 2 heteroatoms. The van der Waals surface area contributed by atoms with Gasteiger partial charge in [-0.25, -0.2) is 0 Å². The highest BCUT2D eigenvalue weighted by atomic mass is 15.1. The maximum Gasteiger partial charge on any atom is 0.0700 e. The van der Waals surface area contributed by atoms with Crippen molar-refractivity contribution in [1.29, 1.82) is 5.26 Å². The average molecular weight is 200 g/mol. The summed E-state index contributed by atoms with van der Waals surface area (Å²) in [6, 6.07) is 8.72. The summed E-state index contributed by atoms with van der Waals surface area (Å²) < 4.78 is 0. The van der Waals surface area contributed by atoms with Gasteiger partial charge in [0.25, 0.3) is 0 Å². The van der Waals surface area contributed by atoms with Crippen molar-refractivity contribution in [2.24, 2.45) is 0 Å². The molecule has 0 saturated carbocycles. The first-order valence-electron chi connectivity index (χ1n) is 5.53. The van der Waals surface area contributed by atoms with Crippen LogP contribution in [0.2, 0.25) is 0 Å². The van der Waals surface area contributed by atoms with Gasteiger partial charge in [0.1, 0.15) is 0 Å². The van der Waals surface area contributed by atoms with Gasteiger partial charge in [-0.05, 0) is 37.5 Å². The molecule has 1 heterocycles. The van der Waals surface area contributed by atoms with Crippen molar-refractivity contribution in [3.05, 3.63) is 29.3 Å². The molecule has 1 aromatic carbocycles. The SMILES string of the molecule is CCN1CCc2cc(C(C)C#N)ccc21. The fourth-order valence-corrected chi connectivity index (χ4v) is 2.16. The predicted molar refractivity (Wildman–Crippen MR) is 62.1 cm³/mol. The third-order valence-corrected chi connectivity index (χ3v) is 3.17. The number of hydrogen-bond acceptors (Lipinski definition) is 2. The second-order valence-corrected chi connectivity index (χ2v) is 4.07. The van der Waals surface area contributed by atoms with E-state index in [9.17, 15) is 0 Å². The Balaban J connectivity index is 2.34. The van der Waals surface area contributed by atoms with Gasteiger partial charge in [0.2, 0.25) is 0 Å². The summed E-state index contributed by atoms with van der Waals surface area (Å²) in [6.45, 7) is 6.32. The lowest BCUT2D eigenvalue weighted by atomic mass is 9.99. The molecule has 2 rings (SSSR count). The summed E-state index contributed by atoms with van der Waals surface area (Å²) in [7, 11) is 0. The lowest BCUT2D eigenvalue weighted by Crippen LogP contribution is -2.18. The number of hydrogen-bond donors (Lipinski definition) is 0. The van der Waals surface area contributed by atoms with Gasteiger partial charge in [-0.3, -0.25) is 0 Å². The van der Waals surface area contributed by atoms with Gasteiger partial charge in [0, 0.05) is 18.8 Å². The molecule has 2 nitrogen and oxygen atoms in total. The highest BCUT2D eigenvalue weighted by Crippen LogP contribution is 2.30. The van der Waals surface area contributed by atoms with E-state index in [-0.39, 0.29) is 5.92 Å². The summed E-state index contributed by atoms with van der Waals surface area (Å²) in [6.07, 6.45) is 1.12. The van der Waals surface area contributed by atoms with Crippen LogP contribution in [0.25, 0.3) is 0 Å². The Bertz CT molecular complexity index is 403. The van der Waals surface area contributed by atoms with Crippen molar-refractivity contribution in [3.8, 4) is 6.07 Å². The van der Waals surface area contributed by atoms with E-state index in [1.54, 1.807) is 0 Å². The van der Waals surface area contributed by atoms with Crippen molar-refractivity contribution in [1.82, 2.24) is 0 Å². The van der Waals surface area contributed by atoms with Crippen LogP contribution in [0, 0.1) is 11.3 Å². The quantitative estimate of drug-likeness (QED) is 0.734. The summed E-state index contributed by atoms with van der Waals surface area (Å²) in [5.41, 5.74) is 3.90. The van der Waals surface area contributed by atoms with Crippen LogP contribution in [0.15, 0.2) is 18.2 Å². The van der Waals surface area contributed by atoms with Crippen molar-refractivity contribution in [2.45, 2.75) is 26.2 Å². The minimum absolute atomic E-state index is 0.00553. The Kier molecular flexibility index (Phi) is 2.64. The van der Waals surface area contributed by atoms with E-state index < -0.39 is 0 Å². The lowest BCUT2D eigenvalue weighted by Gasteiger charge is -2.16. The molecule has 1 atom stereocenters. The number of nitriles is 1. The Morgan fingerprint density at radius 2 is 2.33 bits per heavy atom. The Labute approximate surface area is 91.1 Å². The fourth-order valence-electron chi connectivity index (χ4n) is 2.16. The number of anilines is 1. The largest absolute Gasteiger partial charge is 0.371 e. The number of fused-ring (bicyclic) bond motifs is 1. The highest BCUT2D eigenvalue weighted by Gasteiger charge is 2.18. The van der Waals surface area contributed by atoms with E-state index in [0.29, 0.717) is 0 Å². The van der Waals surface area contributed by atoms with E-state index in [4.69, 9.17) is 5.26 Å². The van der Waals surface area contributed by atoms with Crippen molar-refractivity contribution >= 4 is 5.69 Å². The summed E-state index contributed by atoms with van der Waals surface area (Å²) in [5, 5.41) is 8.87. The summed E-state index contributed by atoms with van der Waals surface area (Å²) in [5.74, 6) is 0.00553. The van der Waals surface area contributed by atoms with Gasteiger partial charge in [0.15, 0.2) is 0 Å². The van der Waals surface area contributed by atoms with Crippen LogP contribution in [0.4, 0.5) is 5.69 Å². The normalized spacial score (nSPS) is 15.9. The molecule has 1 aliphatic rings. The second kappa shape index (κ2) is 3.94. The lowest BCUT2D eigenvalue weighted by molar-refractivity contribution is 0.868. The highest BCUT2D eigenvalue weighted by molar-refractivity contribution is 5.59. The number of rotatable bonds is 2. The first-order valence-corrected chi connectivity index (χ1v) is 5.53. The number of benzene rings is 1. The van der Waals surface area contributed by atoms with Crippen LogP contribution in [-0.2, 0) is 6.42 Å². The second-order valence-electron chi connectivity index (χ2n) is 4.07. The maximum atomic E-state index is 8.87. The van der Waals surface area contributed by atoms with Crippen LogP contribution in [0.3, 0.4) is 0 Å². The van der Waals surface area contributed by atoms with E-state index in [1.807, 2.05) is 6.92 Å². The van der Waals surface area contributed by atoms with Gasteiger partial charge in [-0.15, -0.1) is 0 Å². The molecule has 0 bridgehead atoms. The monoisotopic (exact) mass is 200 g/mol. The first kappa shape index (κ1) is 10.0. The zero-order chi connectivity index (χ0) is 10.8. The number of nitrogens with zero attached hydrogens (tertiary/aromatic N) is 2. The van der Waals surface area contributed by atoms with Crippen LogP contribution >= 0.6 is 0 Å². The van der Waals surface area contributed by atoms with E-state index in [2.05, 4.69) is 36.1 Å². The fraction of sp³-hybridized carbons (Fsp3) is 0.462. The summed E-state index contributed by atoms with van der Waals surface area (Å²) in [4.78, 5) is 2.39. The molecule has 1 unspecified atom stereocenters. The zero-order valence-electron chi connectivity index (χ0n) is 9.33. The molecular weight excluding hydrogens is 184 g/mol. The molecular formula is C13H16N2. The number of likely N-dealkylation sites (N-methyl/N-ethyl adjacent to an activating group) is 1. The van der Waals surface area contributed by atoms with Crippen LogP contribution in [0.5, 0.6) is 0 Å². The van der Waals surface area contributed by atoms with Gasteiger partial charge in [-0.2, -0.15) is 5.26 Å². The van der Waals surface area contributed by atoms with Gasteiger partial charge in [0.05, 0.1) is 12.0 Å². The van der Waals surface area contributed by atoms with Gasteiger partial charge >= 0.3 is 0 Å². The molecule has 0 aromatic heterocycles.